The van der Waals surface area contributed by atoms with E-state index in [1.54, 1.807) is 0 Å². The highest BCUT2D eigenvalue weighted by Crippen LogP contribution is 2.18. The van der Waals surface area contributed by atoms with Gasteiger partial charge < -0.3 is 9.80 Å². The van der Waals surface area contributed by atoms with Crippen molar-refractivity contribution in [3.63, 3.8) is 0 Å². The number of rotatable bonds is 3. The zero-order valence-electron chi connectivity index (χ0n) is 14.8. The van der Waals surface area contributed by atoms with Crippen LogP contribution in [0.3, 0.4) is 0 Å². The van der Waals surface area contributed by atoms with Gasteiger partial charge in [-0.05, 0) is 56.4 Å². The van der Waals surface area contributed by atoms with Crippen LogP contribution in [0.2, 0.25) is 0 Å². The quantitative estimate of drug-likeness (QED) is 0.860. The van der Waals surface area contributed by atoms with Crippen molar-refractivity contribution in [1.82, 2.24) is 9.80 Å². The molecule has 0 unspecified atom stereocenters. The van der Waals surface area contributed by atoms with Crippen LogP contribution >= 0.6 is 0 Å². The summed E-state index contributed by atoms with van der Waals surface area (Å²) < 4.78 is 0. The number of benzene rings is 1. The normalized spacial score (nSPS) is 15.5. The summed E-state index contributed by atoms with van der Waals surface area (Å²) in [7, 11) is 0. The minimum atomic E-state index is 0.0930. The maximum Gasteiger partial charge on any atom is 0.254 e. The van der Waals surface area contributed by atoms with Crippen molar-refractivity contribution in [3.05, 3.63) is 34.4 Å². The highest BCUT2D eigenvalue weighted by atomic mass is 16.2. The van der Waals surface area contributed by atoms with Gasteiger partial charge in [0.25, 0.3) is 5.91 Å². The molecule has 0 aromatic heterocycles. The van der Waals surface area contributed by atoms with Crippen LogP contribution < -0.4 is 0 Å². The molecule has 0 saturated carbocycles. The molecule has 1 heterocycles. The van der Waals surface area contributed by atoms with Crippen molar-refractivity contribution in [1.29, 1.82) is 0 Å². The lowest BCUT2D eigenvalue weighted by Crippen LogP contribution is -2.37. The molecule has 23 heavy (non-hydrogen) atoms. The van der Waals surface area contributed by atoms with Crippen LogP contribution in [0, 0.1) is 20.8 Å². The van der Waals surface area contributed by atoms with Gasteiger partial charge in [0, 0.05) is 38.2 Å². The van der Waals surface area contributed by atoms with Gasteiger partial charge in [0.2, 0.25) is 5.91 Å². The van der Waals surface area contributed by atoms with Gasteiger partial charge in [-0.1, -0.05) is 13.0 Å². The van der Waals surface area contributed by atoms with E-state index in [2.05, 4.69) is 13.0 Å². The molecule has 0 bridgehead atoms. The molecule has 1 aromatic carbocycles. The molecular formula is C19H28N2O2. The van der Waals surface area contributed by atoms with E-state index in [0.717, 1.165) is 42.6 Å². The second-order valence-corrected chi connectivity index (χ2v) is 6.53. The van der Waals surface area contributed by atoms with Gasteiger partial charge in [0.05, 0.1) is 0 Å². The lowest BCUT2D eigenvalue weighted by atomic mass is 10.00. The van der Waals surface area contributed by atoms with Crippen LogP contribution in [0.4, 0.5) is 0 Å². The Bertz CT molecular complexity index is 595. The molecule has 0 spiro atoms. The van der Waals surface area contributed by atoms with E-state index in [-0.39, 0.29) is 11.8 Å². The molecule has 1 saturated heterocycles. The van der Waals surface area contributed by atoms with Crippen molar-refractivity contribution < 1.29 is 9.59 Å². The first-order valence-electron chi connectivity index (χ1n) is 8.59. The SMILES string of the molecule is CCCC(=O)N1CCCN(C(=O)c2cc(C)c(C)cc2C)CC1. The summed E-state index contributed by atoms with van der Waals surface area (Å²) in [6.45, 7) is 10.9. The zero-order chi connectivity index (χ0) is 17.0. The molecule has 2 rings (SSSR count). The largest absolute Gasteiger partial charge is 0.341 e. The van der Waals surface area contributed by atoms with Crippen LogP contribution in [0.15, 0.2) is 12.1 Å². The Labute approximate surface area is 139 Å². The Morgan fingerprint density at radius 3 is 2.22 bits per heavy atom. The topological polar surface area (TPSA) is 40.6 Å². The summed E-state index contributed by atoms with van der Waals surface area (Å²) in [5, 5.41) is 0. The summed E-state index contributed by atoms with van der Waals surface area (Å²) in [5.74, 6) is 0.305. The van der Waals surface area contributed by atoms with Crippen LogP contribution in [-0.4, -0.2) is 47.8 Å². The molecule has 4 heteroatoms. The molecule has 0 N–H and O–H groups in total. The number of hydrogen-bond acceptors (Lipinski definition) is 2. The lowest BCUT2D eigenvalue weighted by Gasteiger charge is -2.23. The molecule has 2 amide bonds. The van der Waals surface area contributed by atoms with E-state index in [1.165, 1.54) is 5.56 Å². The smallest absolute Gasteiger partial charge is 0.254 e. The van der Waals surface area contributed by atoms with E-state index >= 15 is 0 Å². The number of hydrogen-bond donors (Lipinski definition) is 0. The fourth-order valence-electron chi connectivity index (χ4n) is 3.10. The summed E-state index contributed by atoms with van der Waals surface area (Å²) in [5.41, 5.74) is 4.18. The fourth-order valence-corrected chi connectivity index (χ4v) is 3.10. The standard InChI is InChI=1S/C19H28N2O2/c1-5-7-18(22)20-8-6-9-21(11-10-20)19(23)17-13-15(3)14(2)12-16(17)4/h12-13H,5-11H2,1-4H3. The fraction of sp³-hybridized carbons (Fsp3) is 0.579. The van der Waals surface area contributed by atoms with Crippen LogP contribution in [0.1, 0.15) is 53.2 Å². The Morgan fingerprint density at radius 2 is 1.52 bits per heavy atom. The summed E-state index contributed by atoms with van der Waals surface area (Å²) in [4.78, 5) is 28.7. The molecule has 1 fully saturated rings. The first kappa shape index (κ1) is 17.5. The third kappa shape index (κ3) is 4.12. The number of carbonyl (C=O) groups is 2. The highest BCUT2D eigenvalue weighted by Gasteiger charge is 2.23. The molecule has 0 atom stereocenters. The molecule has 1 aliphatic rings. The third-order valence-electron chi connectivity index (χ3n) is 4.67. The van der Waals surface area contributed by atoms with Gasteiger partial charge >= 0.3 is 0 Å². The first-order chi connectivity index (χ1) is 10.9. The second kappa shape index (κ2) is 7.62. The molecule has 1 aliphatic heterocycles. The van der Waals surface area contributed by atoms with Crippen molar-refractivity contribution in [2.45, 2.75) is 47.0 Å². The molecular weight excluding hydrogens is 288 g/mol. The Hall–Kier alpha value is -1.84. The van der Waals surface area contributed by atoms with Crippen molar-refractivity contribution in [2.24, 2.45) is 0 Å². The van der Waals surface area contributed by atoms with Crippen LogP contribution in [0.25, 0.3) is 0 Å². The van der Waals surface area contributed by atoms with Gasteiger partial charge in [0.15, 0.2) is 0 Å². The van der Waals surface area contributed by atoms with Crippen molar-refractivity contribution in [2.75, 3.05) is 26.2 Å². The predicted molar refractivity (Wildman–Crippen MR) is 92.7 cm³/mol. The van der Waals surface area contributed by atoms with Crippen LogP contribution in [0.5, 0.6) is 0 Å². The average Bonchev–Trinajstić information content (AvgIpc) is 2.76. The van der Waals surface area contributed by atoms with Crippen molar-refractivity contribution >= 4 is 11.8 Å². The van der Waals surface area contributed by atoms with Crippen LogP contribution in [-0.2, 0) is 4.79 Å². The highest BCUT2D eigenvalue weighted by molar-refractivity contribution is 5.96. The Morgan fingerprint density at radius 1 is 0.913 bits per heavy atom. The predicted octanol–water partition coefficient (Wildman–Crippen LogP) is 3.09. The van der Waals surface area contributed by atoms with Gasteiger partial charge in [-0.2, -0.15) is 0 Å². The lowest BCUT2D eigenvalue weighted by molar-refractivity contribution is -0.131. The minimum Gasteiger partial charge on any atom is -0.341 e. The van der Waals surface area contributed by atoms with E-state index in [0.29, 0.717) is 19.5 Å². The Kier molecular flexibility index (Phi) is 5.80. The van der Waals surface area contributed by atoms with Gasteiger partial charge in [0.1, 0.15) is 0 Å². The van der Waals surface area contributed by atoms with Gasteiger partial charge in [-0.15, -0.1) is 0 Å². The van der Waals surface area contributed by atoms with Gasteiger partial charge in [-0.25, -0.2) is 0 Å². The Balaban J connectivity index is 2.09. The maximum absolute atomic E-state index is 12.9. The summed E-state index contributed by atoms with van der Waals surface area (Å²) >= 11 is 0. The number of amides is 2. The summed E-state index contributed by atoms with van der Waals surface area (Å²) in [6, 6.07) is 4.08. The zero-order valence-corrected chi connectivity index (χ0v) is 14.8. The van der Waals surface area contributed by atoms with E-state index in [1.807, 2.05) is 36.6 Å². The number of nitrogens with zero attached hydrogens (tertiary/aromatic N) is 2. The minimum absolute atomic E-state index is 0.0930. The number of aryl methyl sites for hydroxylation is 3. The van der Waals surface area contributed by atoms with E-state index < -0.39 is 0 Å². The van der Waals surface area contributed by atoms with Gasteiger partial charge in [-0.3, -0.25) is 9.59 Å². The molecule has 0 aliphatic carbocycles. The first-order valence-corrected chi connectivity index (χ1v) is 8.59. The molecule has 0 radical (unpaired) electrons. The maximum atomic E-state index is 12.9. The molecule has 4 nitrogen and oxygen atoms in total. The second-order valence-electron chi connectivity index (χ2n) is 6.53. The molecule has 126 valence electrons. The summed E-state index contributed by atoms with van der Waals surface area (Å²) in [6.07, 6.45) is 2.33. The third-order valence-corrected chi connectivity index (χ3v) is 4.67. The van der Waals surface area contributed by atoms with E-state index in [4.69, 9.17) is 0 Å². The number of carbonyl (C=O) groups excluding carboxylic acids is 2. The van der Waals surface area contributed by atoms with Crippen molar-refractivity contribution in [3.8, 4) is 0 Å². The monoisotopic (exact) mass is 316 g/mol. The molecule has 1 aromatic rings. The van der Waals surface area contributed by atoms with E-state index in [9.17, 15) is 9.59 Å². The average molecular weight is 316 g/mol.